The second-order valence-electron chi connectivity index (χ2n) is 5.83. The molecular formula is C17H25NO3. The fraction of sp³-hybridized carbons (Fsp3) is 0.588. The standard InChI is InChI=1S/C17H25NO3/c1-2-10-21-16-7-5-14(6-8-16)12-18-9-3-4-15(13-18)11-17(19)20/h5-8,15H,2-4,9-13H2,1H3,(H,19,20). The van der Waals surface area contributed by atoms with Crippen LogP contribution in [-0.4, -0.2) is 35.7 Å². The first-order chi connectivity index (χ1) is 10.2. The Hall–Kier alpha value is -1.55. The van der Waals surface area contributed by atoms with Gasteiger partial charge in [0.2, 0.25) is 0 Å². The normalized spacial score (nSPS) is 19.4. The van der Waals surface area contributed by atoms with E-state index in [4.69, 9.17) is 9.84 Å². The summed E-state index contributed by atoms with van der Waals surface area (Å²) in [4.78, 5) is 13.2. The lowest BCUT2D eigenvalue weighted by Crippen LogP contribution is -2.35. The molecule has 4 heteroatoms. The first-order valence-electron chi connectivity index (χ1n) is 7.83. The van der Waals surface area contributed by atoms with E-state index in [2.05, 4.69) is 24.0 Å². The minimum absolute atomic E-state index is 0.292. The van der Waals surface area contributed by atoms with E-state index in [1.165, 1.54) is 5.56 Å². The van der Waals surface area contributed by atoms with Crippen LogP contribution >= 0.6 is 0 Å². The summed E-state index contributed by atoms with van der Waals surface area (Å²) in [6, 6.07) is 8.24. The summed E-state index contributed by atoms with van der Waals surface area (Å²) in [5, 5.41) is 8.91. The highest BCUT2D eigenvalue weighted by atomic mass is 16.5. The number of benzene rings is 1. The van der Waals surface area contributed by atoms with Crippen molar-refractivity contribution < 1.29 is 14.6 Å². The molecule has 1 aliphatic rings. The maximum absolute atomic E-state index is 10.8. The van der Waals surface area contributed by atoms with Crippen LogP contribution in [0.3, 0.4) is 0 Å². The van der Waals surface area contributed by atoms with Crippen molar-refractivity contribution in [2.75, 3.05) is 19.7 Å². The smallest absolute Gasteiger partial charge is 0.303 e. The summed E-state index contributed by atoms with van der Waals surface area (Å²) in [5.74, 6) is 0.533. The van der Waals surface area contributed by atoms with Crippen molar-refractivity contribution >= 4 is 5.97 Å². The molecule has 4 nitrogen and oxygen atoms in total. The number of ether oxygens (including phenoxy) is 1. The summed E-state index contributed by atoms with van der Waals surface area (Å²) in [6.45, 7) is 5.69. The number of aliphatic carboxylic acids is 1. The average Bonchev–Trinajstić information content (AvgIpc) is 2.46. The maximum Gasteiger partial charge on any atom is 0.303 e. The first-order valence-corrected chi connectivity index (χ1v) is 7.83. The van der Waals surface area contributed by atoms with Crippen LogP contribution in [0.2, 0.25) is 0 Å². The van der Waals surface area contributed by atoms with Crippen LogP contribution in [0.25, 0.3) is 0 Å². The molecule has 1 unspecified atom stereocenters. The lowest BCUT2D eigenvalue weighted by atomic mass is 9.94. The van der Waals surface area contributed by atoms with Gasteiger partial charge in [-0.25, -0.2) is 0 Å². The zero-order valence-electron chi connectivity index (χ0n) is 12.8. The number of carbonyl (C=O) groups is 1. The largest absolute Gasteiger partial charge is 0.494 e. The molecular weight excluding hydrogens is 266 g/mol. The van der Waals surface area contributed by atoms with E-state index in [0.717, 1.165) is 51.3 Å². The summed E-state index contributed by atoms with van der Waals surface area (Å²) >= 11 is 0. The second-order valence-corrected chi connectivity index (χ2v) is 5.83. The monoisotopic (exact) mass is 291 g/mol. The van der Waals surface area contributed by atoms with E-state index in [-0.39, 0.29) is 0 Å². The molecule has 1 aliphatic heterocycles. The lowest BCUT2D eigenvalue weighted by molar-refractivity contribution is -0.138. The Bertz CT molecular complexity index is 444. The molecule has 0 bridgehead atoms. The van der Waals surface area contributed by atoms with Crippen molar-refractivity contribution in [2.45, 2.75) is 39.2 Å². The molecule has 21 heavy (non-hydrogen) atoms. The van der Waals surface area contributed by atoms with Crippen LogP contribution in [-0.2, 0) is 11.3 Å². The highest BCUT2D eigenvalue weighted by Gasteiger charge is 2.21. The second kappa shape index (κ2) is 8.03. The number of piperidine rings is 1. The Morgan fingerprint density at radius 1 is 1.38 bits per heavy atom. The number of hydrogen-bond donors (Lipinski definition) is 1. The summed E-state index contributed by atoms with van der Waals surface area (Å²) < 4.78 is 5.58. The Labute approximate surface area is 126 Å². The Balaban J connectivity index is 1.84. The highest BCUT2D eigenvalue weighted by molar-refractivity contribution is 5.67. The Morgan fingerprint density at radius 2 is 2.14 bits per heavy atom. The van der Waals surface area contributed by atoms with E-state index in [1.807, 2.05) is 12.1 Å². The van der Waals surface area contributed by atoms with Crippen LogP contribution in [0.15, 0.2) is 24.3 Å². The van der Waals surface area contributed by atoms with E-state index < -0.39 is 5.97 Å². The maximum atomic E-state index is 10.8. The van der Waals surface area contributed by atoms with Gasteiger partial charge >= 0.3 is 5.97 Å². The zero-order valence-corrected chi connectivity index (χ0v) is 12.8. The molecule has 0 saturated carbocycles. The van der Waals surface area contributed by atoms with E-state index in [1.54, 1.807) is 0 Å². The average molecular weight is 291 g/mol. The molecule has 2 rings (SSSR count). The van der Waals surface area contributed by atoms with Crippen LogP contribution < -0.4 is 4.74 Å². The molecule has 1 atom stereocenters. The van der Waals surface area contributed by atoms with Gasteiger partial charge in [-0.05, 0) is 49.4 Å². The highest BCUT2D eigenvalue weighted by Crippen LogP contribution is 2.22. The van der Waals surface area contributed by atoms with Gasteiger partial charge in [-0.2, -0.15) is 0 Å². The fourth-order valence-corrected chi connectivity index (χ4v) is 2.88. The third-order valence-electron chi connectivity index (χ3n) is 3.87. The number of rotatable bonds is 7. The molecule has 0 aliphatic carbocycles. The summed E-state index contributed by atoms with van der Waals surface area (Å²) in [5.41, 5.74) is 1.26. The van der Waals surface area contributed by atoms with Gasteiger partial charge in [0.05, 0.1) is 6.61 Å². The van der Waals surface area contributed by atoms with Crippen molar-refractivity contribution in [1.29, 1.82) is 0 Å². The van der Waals surface area contributed by atoms with Gasteiger partial charge in [0.15, 0.2) is 0 Å². The minimum atomic E-state index is -0.681. The fourth-order valence-electron chi connectivity index (χ4n) is 2.88. The van der Waals surface area contributed by atoms with E-state index >= 15 is 0 Å². The molecule has 116 valence electrons. The predicted molar refractivity (Wildman–Crippen MR) is 82.5 cm³/mol. The molecule has 0 radical (unpaired) electrons. The zero-order chi connectivity index (χ0) is 15.1. The number of likely N-dealkylation sites (tertiary alicyclic amines) is 1. The van der Waals surface area contributed by atoms with Crippen molar-refractivity contribution in [3.8, 4) is 5.75 Å². The van der Waals surface area contributed by atoms with Crippen molar-refractivity contribution in [3.63, 3.8) is 0 Å². The molecule has 1 aromatic rings. The quantitative estimate of drug-likeness (QED) is 0.838. The Morgan fingerprint density at radius 3 is 2.81 bits per heavy atom. The molecule has 1 saturated heterocycles. The van der Waals surface area contributed by atoms with Gasteiger partial charge in [0, 0.05) is 19.5 Å². The molecule has 0 aromatic heterocycles. The number of carboxylic acids is 1. The van der Waals surface area contributed by atoms with Crippen molar-refractivity contribution in [3.05, 3.63) is 29.8 Å². The lowest BCUT2D eigenvalue weighted by Gasteiger charge is -2.32. The molecule has 1 aromatic carbocycles. The minimum Gasteiger partial charge on any atom is -0.494 e. The predicted octanol–water partition coefficient (Wildman–Crippen LogP) is 3.16. The summed E-state index contributed by atoms with van der Waals surface area (Å²) in [7, 11) is 0. The van der Waals surface area contributed by atoms with Gasteiger partial charge in [0.1, 0.15) is 5.75 Å². The van der Waals surface area contributed by atoms with Crippen LogP contribution in [0, 0.1) is 5.92 Å². The summed E-state index contributed by atoms with van der Waals surface area (Å²) in [6.07, 6.45) is 3.43. The number of hydrogen-bond acceptors (Lipinski definition) is 3. The molecule has 1 heterocycles. The molecule has 1 fully saturated rings. The molecule has 1 N–H and O–H groups in total. The third-order valence-corrected chi connectivity index (χ3v) is 3.87. The van der Waals surface area contributed by atoms with Crippen molar-refractivity contribution in [1.82, 2.24) is 4.90 Å². The van der Waals surface area contributed by atoms with Gasteiger partial charge in [-0.15, -0.1) is 0 Å². The third kappa shape index (κ3) is 5.38. The van der Waals surface area contributed by atoms with Crippen LogP contribution in [0.5, 0.6) is 5.75 Å². The van der Waals surface area contributed by atoms with E-state index in [9.17, 15) is 4.79 Å². The molecule has 0 amide bonds. The topological polar surface area (TPSA) is 49.8 Å². The van der Waals surface area contributed by atoms with E-state index in [0.29, 0.717) is 12.3 Å². The van der Waals surface area contributed by atoms with Crippen LogP contribution in [0.1, 0.15) is 38.2 Å². The van der Waals surface area contributed by atoms with Crippen molar-refractivity contribution in [2.24, 2.45) is 5.92 Å². The van der Waals surface area contributed by atoms with Gasteiger partial charge in [0.25, 0.3) is 0 Å². The van der Waals surface area contributed by atoms with Gasteiger partial charge < -0.3 is 9.84 Å². The molecule has 0 spiro atoms. The van der Waals surface area contributed by atoms with Crippen LogP contribution in [0.4, 0.5) is 0 Å². The SMILES string of the molecule is CCCOc1ccc(CN2CCCC(CC(=O)O)C2)cc1. The Kier molecular flexibility index (Phi) is 6.05. The van der Waals surface area contributed by atoms with Gasteiger partial charge in [-0.3, -0.25) is 9.69 Å². The number of carboxylic acid groups (broad SMARTS) is 1. The number of nitrogens with zero attached hydrogens (tertiary/aromatic N) is 1. The first kappa shape index (κ1) is 15.8. The van der Waals surface area contributed by atoms with Gasteiger partial charge in [-0.1, -0.05) is 19.1 Å².